The summed E-state index contributed by atoms with van der Waals surface area (Å²) in [5.41, 5.74) is 0.590. The van der Waals surface area contributed by atoms with Crippen LogP contribution in [0, 0.1) is 11.3 Å². The zero-order valence-corrected chi connectivity index (χ0v) is 15.5. The van der Waals surface area contributed by atoms with Gasteiger partial charge in [-0.1, -0.05) is 25.3 Å². The Bertz CT molecular complexity index is 760. The summed E-state index contributed by atoms with van der Waals surface area (Å²) in [4.78, 5) is 23.3. The van der Waals surface area contributed by atoms with Crippen LogP contribution < -0.4 is 14.8 Å². The lowest BCUT2D eigenvalue weighted by Gasteiger charge is -2.22. The van der Waals surface area contributed by atoms with E-state index >= 15 is 0 Å². The molecule has 0 aliphatic heterocycles. The van der Waals surface area contributed by atoms with Gasteiger partial charge in [0.2, 0.25) is 0 Å². The Hall–Kier alpha value is -3.01. The molecule has 1 aromatic carbocycles. The fraction of sp³-hybridized carbons (Fsp3) is 0.450. The first kappa shape index (κ1) is 20.3. The molecule has 0 aromatic heterocycles. The Morgan fingerprint density at radius 3 is 2.59 bits per heavy atom. The molecule has 1 saturated carbocycles. The van der Waals surface area contributed by atoms with Gasteiger partial charge in [-0.25, -0.2) is 4.79 Å². The third-order valence-corrected chi connectivity index (χ3v) is 4.46. The van der Waals surface area contributed by atoms with Crippen molar-refractivity contribution in [2.45, 2.75) is 51.2 Å². The minimum atomic E-state index is -1.09. The molecule has 2 rings (SSSR count). The number of carboxylic acids is 1. The van der Waals surface area contributed by atoms with Gasteiger partial charge in [0.05, 0.1) is 7.11 Å². The minimum absolute atomic E-state index is 0.00944. The number of aliphatic carboxylic acids is 1. The fourth-order valence-corrected chi connectivity index (χ4v) is 2.94. The van der Waals surface area contributed by atoms with Crippen LogP contribution in [0.3, 0.4) is 0 Å². The average molecular weight is 372 g/mol. The minimum Gasteiger partial charge on any atom is -0.493 e. The Labute approximate surface area is 158 Å². The predicted octanol–water partition coefficient (Wildman–Crippen LogP) is 2.90. The second kappa shape index (κ2) is 9.62. The van der Waals surface area contributed by atoms with Gasteiger partial charge in [0, 0.05) is 6.04 Å². The van der Waals surface area contributed by atoms with Crippen LogP contribution in [0.4, 0.5) is 0 Å². The van der Waals surface area contributed by atoms with Gasteiger partial charge in [0.1, 0.15) is 11.6 Å². The lowest BCUT2D eigenvalue weighted by Crippen LogP contribution is -2.36. The number of hydrogen-bond acceptors (Lipinski definition) is 5. The number of amides is 1. The van der Waals surface area contributed by atoms with Crippen LogP contribution >= 0.6 is 0 Å². The van der Waals surface area contributed by atoms with Gasteiger partial charge in [0.15, 0.2) is 17.6 Å². The van der Waals surface area contributed by atoms with E-state index in [0.717, 1.165) is 25.7 Å². The monoisotopic (exact) mass is 372 g/mol. The molecule has 144 valence electrons. The molecule has 7 heteroatoms. The molecule has 1 aliphatic rings. The number of benzene rings is 1. The second-order valence-corrected chi connectivity index (χ2v) is 6.49. The molecule has 0 heterocycles. The third kappa shape index (κ3) is 5.74. The maximum atomic E-state index is 12.4. The van der Waals surface area contributed by atoms with E-state index in [1.807, 2.05) is 6.07 Å². The van der Waals surface area contributed by atoms with Crippen molar-refractivity contribution < 1.29 is 24.2 Å². The van der Waals surface area contributed by atoms with Crippen LogP contribution in [0.1, 0.15) is 44.6 Å². The zero-order chi connectivity index (χ0) is 19.8. The number of carbonyl (C=O) groups excluding carboxylic acids is 1. The number of nitrogens with one attached hydrogen (secondary N) is 1. The highest BCUT2D eigenvalue weighted by Crippen LogP contribution is 2.30. The zero-order valence-electron chi connectivity index (χ0n) is 15.5. The second-order valence-electron chi connectivity index (χ2n) is 6.49. The normalized spacial score (nSPS) is 16.1. The van der Waals surface area contributed by atoms with E-state index in [1.165, 1.54) is 26.5 Å². The van der Waals surface area contributed by atoms with Crippen LogP contribution in [0.25, 0.3) is 6.08 Å². The van der Waals surface area contributed by atoms with E-state index < -0.39 is 12.1 Å². The molecule has 1 aliphatic carbocycles. The number of methoxy groups -OCH3 is 1. The highest BCUT2D eigenvalue weighted by Gasteiger charge is 2.19. The molecule has 2 N–H and O–H groups in total. The molecular formula is C20H24N2O5. The lowest BCUT2D eigenvalue weighted by molar-refractivity contribution is -0.144. The van der Waals surface area contributed by atoms with E-state index in [2.05, 4.69) is 5.32 Å². The first-order valence-corrected chi connectivity index (χ1v) is 8.94. The topological polar surface area (TPSA) is 109 Å². The van der Waals surface area contributed by atoms with Crippen molar-refractivity contribution in [2.24, 2.45) is 0 Å². The molecule has 0 spiro atoms. The molecule has 27 heavy (non-hydrogen) atoms. The Morgan fingerprint density at radius 2 is 2.00 bits per heavy atom. The highest BCUT2D eigenvalue weighted by molar-refractivity contribution is 6.01. The van der Waals surface area contributed by atoms with Crippen LogP contribution in [0.5, 0.6) is 11.5 Å². The van der Waals surface area contributed by atoms with Crippen molar-refractivity contribution in [3.8, 4) is 17.6 Å². The summed E-state index contributed by atoms with van der Waals surface area (Å²) in [5.74, 6) is -0.882. The van der Waals surface area contributed by atoms with Gasteiger partial charge < -0.3 is 19.9 Å². The Morgan fingerprint density at radius 1 is 1.30 bits per heavy atom. The lowest BCUT2D eigenvalue weighted by atomic mass is 9.95. The smallest absolute Gasteiger partial charge is 0.344 e. The summed E-state index contributed by atoms with van der Waals surface area (Å²) >= 11 is 0. The van der Waals surface area contributed by atoms with Gasteiger partial charge in [-0.3, -0.25) is 4.79 Å². The van der Waals surface area contributed by atoms with Crippen molar-refractivity contribution in [3.05, 3.63) is 29.3 Å². The predicted molar refractivity (Wildman–Crippen MR) is 99.3 cm³/mol. The standard InChI is InChI=1S/C20H24N2O5/c1-13(20(24)25)27-17-9-8-14(11-18(17)26-2)10-15(12-21)19(23)22-16-6-4-3-5-7-16/h8-11,13,16H,3-7H2,1-2H3,(H,22,23)(H,24,25). The van der Waals surface area contributed by atoms with Crippen molar-refractivity contribution in [3.63, 3.8) is 0 Å². The van der Waals surface area contributed by atoms with Gasteiger partial charge >= 0.3 is 5.97 Å². The molecule has 1 unspecified atom stereocenters. The first-order chi connectivity index (χ1) is 12.9. The molecule has 1 atom stereocenters. The average Bonchev–Trinajstić information content (AvgIpc) is 2.67. The van der Waals surface area contributed by atoms with Gasteiger partial charge in [-0.15, -0.1) is 0 Å². The summed E-state index contributed by atoms with van der Waals surface area (Å²) in [7, 11) is 1.43. The largest absolute Gasteiger partial charge is 0.493 e. The van der Waals surface area contributed by atoms with E-state index in [9.17, 15) is 14.9 Å². The molecule has 0 radical (unpaired) electrons. The third-order valence-electron chi connectivity index (χ3n) is 4.46. The van der Waals surface area contributed by atoms with E-state index in [-0.39, 0.29) is 23.3 Å². The Kier molecular flexibility index (Phi) is 7.24. The van der Waals surface area contributed by atoms with Crippen LogP contribution in [0.15, 0.2) is 23.8 Å². The molecule has 0 bridgehead atoms. The molecule has 7 nitrogen and oxygen atoms in total. The van der Waals surface area contributed by atoms with Crippen LogP contribution in [-0.4, -0.2) is 36.2 Å². The van der Waals surface area contributed by atoms with Crippen molar-refractivity contribution in [1.82, 2.24) is 5.32 Å². The molecule has 1 fully saturated rings. The van der Waals surface area contributed by atoms with Crippen LogP contribution in [-0.2, 0) is 9.59 Å². The van der Waals surface area contributed by atoms with Crippen molar-refractivity contribution in [1.29, 1.82) is 5.26 Å². The molecule has 1 amide bonds. The maximum Gasteiger partial charge on any atom is 0.344 e. The van der Waals surface area contributed by atoms with Crippen molar-refractivity contribution in [2.75, 3.05) is 7.11 Å². The number of nitriles is 1. The molecule has 1 aromatic rings. The summed E-state index contributed by atoms with van der Waals surface area (Å²) in [6, 6.07) is 6.84. The highest BCUT2D eigenvalue weighted by atomic mass is 16.5. The number of ether oxygens (including phenoxy) is 2. The van der Waals surface area contributed by atoms with Gasteiger partial charge in [-0.05, 0) is 43.5 Å². The summed E-state index contributed by atoms with van der Waals surface area (Å²) in [5, 5.41) is 21.2. The van der Waals surface area contributed by atoms with Crippen molar-refractivity contribution >= 4 is 18.0 Å². The van der Waals surface area contributed by atoms with E-state index in [0.29, 0.717) is 11.3 Å². The fourth-order valence-electron chi connectivity index (χ4n) is 2.94. The number of carboxylic acid groups (broad SMARTS) is 1. The first-order valence-electron chi connectivity index (χ1n) is 8.94. The number of rotatable bonds is 7. The maximum absolute atomic E-state index is 12.4. The SMILES string of the molecule is COc1cc(C=C(C#N)C(=O)NC2CCCCC2)ccc1OC(C)C(=O)O. The van der Waals surface area contributed by atoms with Crippen LogP contribution in [0.2, 0.25) is 0 Å². The van der Waals surface area contributed by atoms with Gasteiger partial charge in [-0.2, -0.15) is 5.26 Å². The quantitative estimate of drug-likeness (QED) is 0.563. The number of hydrogen-bond donors (Lipinski definition) is 2. The van der Waals surface area contributed by atoms with Gasteiger partial charge in [0.25, 0.3) is 5.91 Å². The number of nitrogens with zero attached hydrogens (tertiary/aromatic N) is 1. The Balaban J connectivity index is 2.16. The number of carbonyl (C=O) groups is 2. The van der Waals surface area contributed by atoms with E-state index in [1.54, 1.807) is 18.2 Å². The molecular weight excluding hydrogens is 348 g/mol. The van der Waals surface area contributed by atoms with E-state index in [4.69, 9.17) is 14.6 Å². The summed E-state index contributed by atoms with van der Waals surface area (Å²) in [6.07, 6.45) is 5.68. The molecule has 0 saturated heterocycles. The summed E-state index contributed by atoms with van der Waals surface area (Å²) in [6.45, 7) is 1.42. The summed E-state index contributed by atoms with van der Waals surface area (Å²) < 4.78 is 10.6.